The fourth-order valence-electron chi connectivity index (χ4n) is 2.43. The number of hydrogen-bond acceptors (Lipinski definition) is 3. The molecule has 4 nitrogen and oxygen atoms in total. The van der Waals surface area contributed by atoms with Gasteiger partial charge in [0, 0.05) is 7.34 Å². The largest absolute Gasteiger partial charge is 0.453 e. The minimum absolute atomic E-state index is 0. The number of carbonyl (C=O) groups excluding carboxylic acids is 2. The van der Waals surface area contributed by atoms with E-state index in [1.54, 1.807) is 0 Å². The highest BCUT2D eigenvalue weighted by molar-refractivity contribution is 5.89. The number of nitrogens with one attached hydrogen (secondary N) is 1. The van der Waals surface area contributed by atoms with Crippen molar-refractivity contribution in [3.05, 3.63) is 0 Å². The summed E-state index contributed by atoms with van der Waals surface area (Å²) in [6, 6.07) is -0.372. The Labute approximate surface area is 105 Å². The summed E-state index contributed by atoms with van der Waals surface area (Å²) in [5.41, 5.74) is 0. The maximum Gasteiger partial charge on any atom is 0.407 e. The average molecular weight is 243 g/mol. The molecule has 17 heavy (non-hydrogen) atoms. The van der Waals surface area contributed by atoms with Crippen LogP contribution in [-0.2, 0) is 9.53 Å². The molecule has 0 aromatic carbocycles. The van der Waals surface area contributed by atoms with Gasteiger partial charge in [-0.25, -0.2) is 4.79 Å². The summed E-state index contributed by atoms with van der Waals surface area (Å²) in [6.45, 7) is 3.74. The van der Waals surface area contributed by atoms with Crippen LogP contribution in [0.1, 0.15) is 47.4 Å². The Bertz CT molecular complexity index is 275. The van der Waals surface area contributed by atoms with Gasteiger partial charge < -0.3 is 10.1 Å². The van der Waals surface area contributed by atoms with Crippen LogP contribution >= 0.6 is 0 Å². The smallest absolute Gasteiger partial charge is 0.407 e. The van der Waals surface area contributed by atoms with Crippen molar-refractivity contribution in [1.82, 2.24) is 5.32 Å². The monoisotopic (exact) mass is 243 g/mol. The van der Waals surface area contributed by atoms with Gasteiger partial charge in [-0.2, -0.15) is 0 Å². The lowest BCUT2D eigenvalue weighted by Crippen LogP contribution is -2.48. The van der Waals surface area contributed by atoms with E-state index in [4.69, 9.17) is 0 Å². The highest BCUT2D eigenvalue weighted by Gasteiger charge is 2.32. The Morgan fingerprint density at radius 3 is 2.29 bits per heavy atom. The number of carbonyl (C=O) groups is 2. The van der Waals surface area contributed by atoms with Gasteiger partial charge in [0.15, 0.2) is 5.78 Å². The van der Waals surface area contributed by atoms with E-state index >= 15 is 0 Å². The molecule has 4 heteroatoms. The first-order valence-electron chi connectivity index (χ1n) is 6.44. The molecule has 0 aromatic rings. The van der Waals surface area contributed by atoms with Crippen molar-refractivity contribution in [1.29, 1.82) is 0 Å². The Kier molecular flexibility index (Phi) is 5.45. The third-order valence-electron chi connectivity index (χ3n) is 3.46. The van der Waals surface area contributed by atoms with Crippen LogP contribution in [0.2, 0.25) is 0 Å². The van der Waals surface area contributed by atoms with Gasteiger partial charge in [-0.1, -0.05) is 33.1 Å². The highest BCUT2D eigenvalue weighted by atomic mass is 16.5. The Hall–Kier alpha value is -1.06. The van der Waals surface area contributed by atoms with Crippen molar-refractivity contribution in [2.75, 3.05) is 7.11 Å². The summed E-state index contributed by atoms with van der Waals surface area (Å²) in [4.78, 5) is 23.4. The molecule has 0 heterocycles. The number of methoxy groups -OCH3 is 1. The zero-order valence-corrected chi connectivity index (χ0v) is 11.0. The van der Waals surface area contributed by atoms with Gasteiger partial charge in [0.1, 0.15) is 0 Å². The number of ether oxygens (including phenoxy) is 1. The first-order chi connectivity index (χ1) is 8.06. The van der Waals surface area contributed by atoms with E-state index in [2.05, 4.69) is 10.1 Å². The standard InChI is InChI=1S/C13H23NO3.H2/c1-9(2)12(15)11(14-13(16)17-3)10-7-5-4-6-8-10;/h9-11H,4-8H2,1-3H3,(H,14,16);1H/t11-;/m0./s1. The van der Waals surface area contributed by atoms with Crippen molar-refractivity contribution < 1.29 is 15.8 Å². The number of amides is 1. The van der Waals surface area contributed by atoms with Gasteiger partial charge in [-0.05, 0) is 18.8 Å². The van der Waals surface area contributed by atoms with Gasteiger partial charge >= 0.3 is 6.09 Å². The molecule has 1 atom stereocenters. The van der Waals surface area contributed by atoms with Gasteiger partial charge in [-0.15, -0.1) is 0 Å². The van der Waals surface area contributed by atoms with E-state index in [1.807, 2.05) is 13.8 Å². The quantitative estimate of drug-likeness (QED) is 0.826. The summed E-state index contributed by atoms with van der Waals surface area (Å²) in [5.74, 6) is 0.333. The zero-order chi connectivity index (χ0) is 12.8. The van der Waals surface area contributed by atoms with Crippen molar-refractivity contribution >= 4 is 11.9 Å². The lowest BCUT2D eigenvalue weighted by atomic mass is 9.80. The SMILES string of the molecule is COC(=O)N[C@H](C(=O)C(C)C)C1CCCCC1.[HH]. The van der Waals surface area contributed by atoms with E-state index in [0.717, 1.165) is 25.7 Å². The van der Waals surface area contributed by atoms with Gasteiger partial charge in [-0.3, -0.25) is 4.79 Å². The number of rotatable bonds is 4. The van der Waals surface area contributed by atoms with Gasteiger partial charge in [0.25, 0.3) is 0 Å². The molecule has 1 aliphatic carbocycles. The second-order valence-electron chi connectivity index (χ2n) is 5.07. The van der Waals surface area contributed by atoms with E-state index < -0.39 is 6.09 Å². The third-order valence-corrected chi connectivity index (χ3v) is 3.46. The molecule has 0 aromatic heterocycles. The number of ketones is 1. The molecule has 0 saturated heterocycles. The van der Waals surface area contributed by atoms with Crippen LogP contribution in [0, 0.1) is 11.8 Å². The van der Waals surface area contributed by atoms with Crippen LogP contribution in [0.25, 0.3) is 0 Å². The molecule has 100 valence electrons. The van der Waals surface area contributed by atoms with Crippen molar-refractivity contribution in [3.8, 4) is 0 Å². The minimum atomic E-state index is -0.505. The summed E-state index contributed by atoms with van der Waals surface area (Å²) in [5, 5.41) is 2.71. The average Bonchev–Trinajstić information content (AvgIpc) is 2.35. The van der Waals surface area contributed by atoms with Gasteiger partial charge in [0.2, 0.25) is 0 Å². The number of Topliss-reactive ketones (excluding diaryl/α,β-unsaturated/α-hetero) is 1. The molecule has 1 rings (SSSR count). The maximum atomic E-state index is 12.1. The minimum Gasteiger partial charge on any atom is -0.453 e. The van der Waals surface area contributed by atoms with E-state index in [1.165, 1.54) is 13.5 Å². The Balaban J connectivity index is 0.00000289. The molecular formula is C13H25NO3. The molecule has 0 spiro atoms. The van der Waals surface area contributed by atoms with Crippen LogP contribution in [0.15, 0.2) is 0 Å². The topological polar surface area (TPSA) is 55.4 Å². The van der Waals surface area contributed by atoms with E-state index in [-0.39, 0.29) is 25.1 Å². The van der Waals surface area contributed by atoms with Crippen LogP contribution in [0.5, 0.6) is 0 Å². The second-order valence-corrected chi connectivity index (χ2v) is 5.07. The summed E-state index contributed by atoms with van der Waals surface area (Å²) >= 11 is 0. The number of hydrogen-bond donors (Lipinski definition) is 1. The van der Waals surface area contributed by atoms with Crippen molar-refractivity contribution in [2.45, 2.75) is 52.0 Å². The zero-order valence-electron chi connectivity index (χ0n) is 11.0. The predicted molar refractivity (Wildman–Crippen MR) is 67.9 cm³/mol. The number of alkyl carbamates (subject to hydrolysis) is 1. The molecule has 1 aliphatic rings. The Morgan fingerprint density at radius 2 is 1.82 bits per heavy atom. The normalized spacial score (nSPS) is 18.8. The highest BCUT2D eigenvalue weighted by Crippen LogP contribution is 2.28. The van der Waals surface area contributed by atoms with Crippen LogP contribution in [0.4, 0.5) is 4.79 Å². The summed E-state index contributed by atoms with van der Waals surface area (Å²) in [7, 11) is 1.33. The first kappa shape index (κ1) is 14.0. The molecule has 0 radical (unpaired) electrons. The van der Waals surface area contributed by atoms with Crippen LogP contribution < -0.4 is 5.32 Å². The first-order valence-corrected chi connectivity index (χ1v) is 6.44. The molecule has 1 amide bonds. The molecule has 0 unspecified atom stereocenters. The third kappa shape index (κ3) is 4.02. The van der Waals surface area contributed by atoms with E-state index in [0.29, 0.717) is 0 Å². The fourth-order valence-corrected chi connectivity index (χ4v) is 2.43. The maximum absolute atomic E-state index is 12.1. The van der Waals surface area contributed by atoms with Gasteiger partial charge in [0.05, 0.1) is 13.2 Å². The van der Waals surface area contributed by atoms with Crippen LogP contribution in [-0.4, -0.2) is 25.0 Å². The molecule has 1 saturated carbocycles. The lowest BCUT2D eigenvalue weighted by Gasteiger charge is -2.30. The molecular weight excluding hydrogens is 218 g/mol. The summed E-state index contributed by atoms with van der Waals surface area (Å²) in [6.07, 6.45) is 5.07. The molecule has 1 fully saturated rings. The fraction of sp³-hybridized carbons (Fsp3) is 0.846. The predicted octanol–water partition coefficient (Wildman–Crippen LogP) is 2.76. The van der Waals surface area contributed by atoms with E-state index in [9.17, 15) is 9.59 Å². The van der Waals surface area contributed by atoms with Crippen molar-refractivity contribution in [3.63, 3.8) is 0 Å². The second kappa shape index (κ2) is 6.62. The molecule has 0 aliphatic heterocycles. The Morgan fingerprint density at radius 1 is 1.24 bits per heavy atom. The summed E-state index contributed by atoms with van der Waals surface area (Å²) < 4.78 is 4.60. The molecule has 0 bridgehead atoms. The lowest BCUT2D eigenvalue weighted by molar-refractivity contribution is -0.125. The van der Waals surface area contributed by atoms with Crippen LogP contribution in [0.3, 0.4) is 0 Å². The van der Waals surface area contributed by atoms with Crippen molar-refractivity contribution in [2.24, 2.45) is 11.8 Å². The molecule has 1 N–H and O–H groups in total.